The highest BCUT2D eigenvalue weighted by Crippen LogP contribution is 2.18. The van der Waals surface area contributed by atoms with Crippen LogP contribution >= 0.6 is 12.6 Å². The largest absolute Gasteiger partial charge is 0.342 e. The summed E-state index contributed by atoms with van der Waals surface area (Å²) >= 11 is 4.21. The Morgan fingerprint density at radius 3 is 2.59 bits per heavy atom. The molecule has 0 fully saturated rings. The highest BCUT2D eigenvalue weighted by atomic mass is 32.1. The predicted octanol–water partition coefficient (Wildman–Crippen LogP) is 3.50. The van der Waals surface area contributed by atoms with Crippen molar-refractivity contribution < 1.29 is 0 Å². The van der Waals surface area contributed by atoms with Crippen LogP contribution < -0.4 is 0 Å². The van der Waals surface area contributed by atoms with Crippen LogP contribution in [0, 0.1) is 0 Å². The Labute approximate surface area is 108 Å². The second-order valence-corrected chi connectivity index (χ2v) is 4.61. The van der Waals surface area contributed by atoms with Gasteiger partial charge in [-0.1, -0.05) is 37.6 Å². The van der Waals surface area contributed by atoms with Crippen LogP contribution in [0.5, 0.6) is 0 Å². The van der Waals surface area contributed by atoms with E-state index in [4.69, 9.17) is 0 Å². The SMILES string of the molecule is CCCc1ccc(-c2cnc(CCS)[nH]2)cc1. The Balaban J connectivity index is 2.15. The minimum atomic E-state index is 0.822. The van der Waals surface area contributed by atoms with Crippen LogP contribution in [-0.2, 0) is 12.8 Å². The predicted molar refractivity (Wildman–Crippen MR) is 75.6 cm³/mol. The molecule has 2 rings (SSSR count). The number of aromatic nitrogens is 2. The third kappa shape index (κ3) is 3.13. The van der Waals surface area contributed by atoms with Crippen LogP contribution in [0.4, 0.5) is 0 Å². The zero-order valence-electron chi connectivity index (χ0n) is 10.1. The number of H-pyrrole nitrogens is 1. The Bertz CT molecular complexity index is 459. The summed E-state index contributed by atoms with van der Waals surface area (Å²) in [6.45, 7) is 2.20. The molecule has 0 saturated heterocycles. The molecular formula is C14H18N2S. The fraction of sp³-hybridized carbons (Fsp3) is 0.357. The first-order valence-electron chi connectivity index (χ1n) is 6.07. The summed E-state index contributed by atoms with van der Waals surface area (Å²) in [6.07, 6.45) is 5.12. The van der Waals surface area contributed by atoms with Gasteiger partial charge in [-0.25, -0.2) is 4.98 Å². The Hall–Kier alpha value is -1.22. The van der Waals surface area contributed by atoms with Crippen molar-refractivity contribution in [1.29, 1.82) is 0 Å². The van der Waals surface area contributed by atoms with E-state index in [2.05, 4.69) is 53.8 Å². The molecule has 0 spiro atoms. The molecular weight excluding hydrogens is 228 g/mol. The average molecular weight is 246 g/mol. The van der Waals surface area contributed by atoms with Gasteiger partial charge in [-0.3, -0.25) is 0 Å². The molecule has 0 saturated carbocycles. The fourth-order valence-corrected chi connectivity index (χ4v) is 2.09. The molecule has 1 aromatic carbocycles. The zero-order valence-corrected chi connectivity index (χ0v) is 11.0. The molecule has 2 nitrogen and oxygen atoms in total. The van der Waals surface area contributed by atoms with E-state index >= 15 is 0 Å². The van der Waals surface area contributed by atoms with Gasteiger partial charge in [0, 0.05) is 6.42 Å². The van der Waals surface area contributed by atoms with Crippen LogP contribution in [0.2, 0.25) is 0 Å². The maximum atomic E-state index is 4.34. The van der Waals surface area contributed by atoms with Gasteiger partial charge in [0.2, 0.25) is 0 Å². The fourth-order valence-electron chi connectivity index (χ4n) is 1.88. The molecule has 2 aromatic rings. The minimum absolute atomic E-state index is 0.822. The third-order valence-electron chi connectivity index (χ3n) is 2.78. The summed E-state index contributed by atoms with van der Waals surface area (Å²) in [5, 5.41) is 0. The Kier molecular flexibility index (Phi) is 4.26. The molecule has 1 aromatic heterocycles. The first kappa shape index (κ1) is 12.2. The molecule has 0 atom stereocenters. The quantitative estimate of drug-likeness (QED) is 0.777. The second-order valence-electron chi connectivity index (χ2n) is 4.16. The van der Waals surface area contributed by atoms with E-state index < -0.39 is 0 Å². The number of hydrogen-bond donors (Lipinski definition) is 2. The summed E-state index contributed by atoms with van der Waals surface area (Å²) in [5.74, 6) is 1.83. The van der Waals surface area contributed by atoms with Gasteiger partial charge in [-0.2, -0.15) is 12.6 Å². The lowest BCUT2D eigenvalue weighted by molar-refractivity contribution is 0.922. The van der Waals surface area contributed by atoms with Crippen molar-refractivity contribution in [3.05, 3.63) is 41.9 Å². The average Bonchev–Trinajstić information content (AvgIpc) is 2.80. The number of nitrogens with zero attached hydrogens (tertiary/aromatic N) is 1. The van der Waals surface area contributed by atoms with Gasteiger partial charge in [-0.15, -0.1) is 0 Å². The lowest BCUT2D eigenvalue weighted by Gasteiger charge is -2.01. The van der Waals surface area contributed by atoms with Crippen molar-refractivity contribution in [3.63, 3.8) is 0 Å². The zero-order chi connectivity index (χ0) is 12.1. The first-order valence-corrected chi connectivity index (χ1v) is 6.70. The topological polar surface area (TPSA) is 28.7 Å². The van der Waals surface area contributed by atoms with Gasteiger partial charge < -0.3 is 4.98 Å². The smallest absolute Gasteiger partial charge is 0.107 e. The molecule has 0 aliphatic heterocycles. The molecule has 1 heterocycles. The van der Waals surface area contributed by atoms with E-state index in [1.54, 1.807) is 0 Å². The van der Waals surface area contributed by atoms with Gasteiger partial charge in [0.15, 0.2) is 0 Å². The van der Waals surface area contributed by atoms with E-state index in [-0.39, 0.29) is 0 Å². The summed E-state index contributed by atoms with van der Waals surface area (Å²) in [4.78, 5) is 7.66. The van der Waals surface area contributed by atoms with E-state index in [0.29, 0.717) is 0 Å². The number of imidazole rings is 1. The first-order chi connectivity index (χ1) is 8.33. The monoisotopic (exact) mass is 246 g/mol. The molecule has 17 heavy (non-hydrogen) atoms. The standard InChI is InChI=1S/C14H18N2S/c1-2-3-11-4-6-12(7-5-11)13-10-15-14(16-13)8-9-17/h4-7,10,17H,2-3,8-9H2,1H3,(H,15,16). The number of hydrogen-bond acceptors (Lipinski definition) is 2. The minimum Gasteiger partial charge on any atom is -0.342 e. The maximum absolute atomic E-state index is 4.34. The summed E-state index contributed by atoms with van der Waals surface area (Å²) < 4.78 is 0. The van der Waals surface area contributed by atoms with Crippen LogP contribution in [0.3, 0.4) is 0 Å². The third-order valence-corrected chi connectivity index (χ3v) is 3.00. The summed E-state index contributed by atoms with van der Waals surface area (Å²) in [7, 11) is 0. The molecule has 0 bridgehead atoms. The van der Waals surface area contributed by atoms with Crippen molar-refractivity contribution in [1.82, 2.24) is 9.97 Å². The number of aryl methyl sites for hydroxylation is 2. The molecule has 1 N–H and O–H groups in total. The van der Waals surface area contributed by atoms with Crippen molar-refractivity contribution in [2.75, 3.05) is 5.75 Å². The Morgan fingerprint density at radius 2 is 1.94 bits per heavy atom. The van der Waals surface area contributed by atoms with Gasteiger partial charge in [0.05, 0.1) is 11.9 Å². The molecule has 0 amide bonds. The lowest BCUT2D eigenvalue weighted by Crippen LogP contribution is -1.88. The van der Waals surface area contributed by atoms with Crippen molar-refractivity contribution in [2.24, 2.45) is 0 Å². The van der Waals surface area contributed by atoms with Crippen LogP contribution in [0.1, 0.15) is 24.7 Å². The van der Waals surface area contributed by atoms with E-state index in [1.165, 1.54) is 17.5 Å². The van der Waals surface area contributed by atoms with Crippen LogP contribution in [0.25, 0.3) is 11.3 Å². The number of aromatic amines is 1. The molecule has 0 aliphatic rings. The number of benzene rings is 1. The van der Waals surface area contributed by atoms with E-state index in [1.807, 2.05) is 6.20 Å². The molecule has 3 heteroatoms. The lowest BCUT2D eigenvalue weighted by atomic mass is 10.1. The van der Waals surface area contributed by atoms with Crippen molar-refractivity contribution in [2.45, 2.75) is 26.2 Å². The number of rotatable bonds is 5. The molecule has 0 unspecified atom stereocenters. The van der Waals surface area contributed by atoms with Gasteiger partial charge in [0.1, 0.15) is 5.82 Å². The molecule has 0 aliphatic carbocycles. The normalized spacial score (nSPS) is 10.7. The van der Waals surface area contributed by atoms with Crippen molar-refractivity contribution >= 4 is 12.6 Å². The van der Waals surface area contributed by atoms with Crippen molar-refractivity contribution in [3.8, 4) is 11.3 Å². The molecule has 90 valence electrons. The van der Waals surface area contributed by atoms with E-state index in [0.717, 1.165) is 30.1 Å². The number of nitrogens with one attached hydrogen (secondary N) is 1. The van der Waals surface area contributed by atoms with E-state index in [9.17, 15) is 0 Å². The summed E-state index contributed by atoms with van der Waals surface area (Å²) in [6, 6.07) is 8.70. The highest BCUT2D eigenvalue weighted by Gasteiger charge is 2.02. The maximum Gasteiger partial charge on any atom is 0.107 e. The summed E-state index contributed by atoms with van der Waals surface area (Å²) in [5.41, 5.74) is 3.68. The second kappa shape index (κ2) is 5.92. The van der Waals surface area contributed by atoms with Crippen LogP contribution in [-0.4, -0.2) is 15.7 Å². The Morgan fingerprint density at radius 1 is 1.18 bits per heavy atom. The highest BCUT2D eigenvalue weighted by molar-refractivity contribution is 7.80. The van der Waals surface area contributed by atoms with Gasteiger partial charge >= 0.3 is 0 Å². The molecule has 0 radical (unpaired) electrons. The van der Waals surface area contributed by atoms with Gasteiger partial charge in [0.25, 0.3) is 0 Å². The van der Waals surface area contributed by atoms with Gasteiger partial charge in [-0.05, 0) is 23.3 Å². The number of thiol groups is 1. The van der Waals surface area contributed by atoms with Crippen LogP contribution in [0.15, 0.2) is 30.5 Å².